The second kappa shape index (κ2) is 10.5. The number of benzene rings is 2. The first-order chi connectivity index (χ1) is 19.3. The molecule has 3 heterocycles. The molecule has 7 nitrogen and oxygen atoms in total. The summed E-state index contributed by atoms with van der Waals surface area (Å²) in [6, 6.07) is 10.5. The van der Waals surface area contributed by atoms with E-state index in [0.717, 1.165) is 42.9 Å². The van der Waals surface area contributed by atoms with Crippen molar-refractivity contribution in [1.29, 1.82) is 0 Å². The fourth-order valence-corrected chi connectivity index (χ4v) is 7.52. The lowest BCUT2D eigenvalue weighted by atomic mass is 9.59. The summed E-state index contributed by atoms with van der Waals surface area (Å²) in [4.78, 5) is 35.2. The predicted octanol–water partition coefficient (Wildman–Crippen LogP) is 5.36. The van der Waals surface area contributed by atoms with Crippen molar-refractivity contribution in [2.24, 2.45) is 11.3 Å². The van der Waals surface area contributed by atoms with Gasteiger partial charge in [0, 0.05) is 35.5 Å². The van der Waals surface area contributed by atoms with Crippen molar-refractivity contribution in [2.45, 2.75) is 57.8 Å². The van der Waals surface area contributed by atoms with E-state index in [0.29, 0.717) is 30.3 Å². The molecule has 212 valence electrons. The van der Waals surface area contributed by atoms with Gasteiger partial charge in [-0.2, -0.15) is 0 Å². The number of aromatic nitrogens is 1. The molecule has 6 rings (SSSR count). The number of likely N-dealkylation sites (tertiary alicyclic amines) is 2. The third-order valence-corrected chi connectivity index (χ3v) is 9.54. The van der Waals surface area contributed by atoms with Crippen molar-refractivity contribution in [3.63, 3.8) is 0 Å². The summed E-state index contributed by atoms with van der Waals surface area (Å²) in [6.45, 7) is 5.38. The van der Waals surface area contributed by atoms with Gasteiger partial charge in [-0.3, -0.25) is 14.5 Å². The fourth-order valence-electron chi connectivity index (χ4n) is 7.52. The molecule has 0 spiro atoms. The molecule has 8 heteroatoms. The van der Waals surface area contributed by atoms with Gasteiger partial charge in [-0.05, 0) is 93.0 Å². The number of rotatable bonds is 6. The van der Waals surface area contributed by atoms with Crippen LogP contribution >= 0.6 is 0 Å². The number of carbonyl (C=O) groups is 2. The molecular formula is C32H38FN3O4. The quantitative estimate of drug-likeness (QED) is 0.406. The van der Waals surface area contributed by atoms with E-state index < -0.39 is 11.2 Å². The van der Waals surface area contributed by atoms with Gasteiger partial charge in [0.05, 0.1) is 12.5 Å². The largest absolute Gasteiger partial charge is 0.508 e. The summed E-state index contributed by atoms with van der Waals surface area (Å²) < 4.78 is 21.0. The molecule has 0 bridgehead atoms. The standard InChI is InChI=1S/C32H38FN3O4/c1-32-19-22-28-24(11-12-25(40-2)29(28)33)34-30(22)27(20-8-6-9-21(37)18-20)23(32)10-13-26(38)36(31(32)39)17-7-16-35-14-4-3-5-15-35/h6,8-9,11-12,18,23,27,34,37H,3-5,7,10,13-17,19H2,1-2H3/t23?,27-,32+/m0/s1. The van der Waals surface area contributed by atoms with Crippen LogP contribution in [0.15, 0.2) is 36.4 Å². The Labute approximate surface area is 234 Å². The first-order valence-corrected chi connectivity index (χ1v) is 14.5. The number of imide groups is 1. The van der Waals surface area contributed by atoms with Crippen molar-refractivity contribution in [1.82, 2.24) is 14.8 Å². The molecule has 0 saturated carbocycles. The highest BCUT2D eigenvalue weighted by atomic mass is 19.1. The number of nitrogens with one attached hydrogen (secondary N) is 1. The van der Waals surface area contributed by atoms with Gasteiger partial charge in [-0.1, -0.05) is 25.5 Å². The number of halogens is 1. The summed E-state index contributed by atoms with van der Waals surface area (Å²) in [7, 11) is 1.44. The second-order valence-corrected chi connectivity index (χ2v) is 11.9. The topological polar surface area (TPSA) is 85.9 Å². The lowest BCUT2D eigenvalue weighted by Gasteiger charge is -2.45. The van der Waals surface area contributed by atoms with Crippen LogP contribution in [0.3, 0.4) is 0 Å². The number of piperidine rings is 1. The molecule has 2 saturated heterocycles. The normalized spacial score (nSPS) is 25.5. The Morgan fingerprint density at radius 2 is 1.93 bits per heavy atom. The van der Waals surface area contributed by atoms with E-state index >= 15 is 4.39 Å². The maximum Gasteiger partial charge on any atom is 0.235 e. The fraction of sp³-hybridized carbons (Fsp3) is 0.500. The number of hydrogen-bond acceptors (Lipinski definition) is 5. The second-order valence-electron chi connectivity index (χ2n) is 11.9. The highest BCUT2D eigenvalue weighted by Crippen LogP contribution is 2.55. The Morgan fingerprint density at radius 1 is 1.12 bits per heavy atom. The van der Waals surface area contributed by atoms with Gasteiger partial charge in [-0.25, -0.2) is 4.39 Å². The molecule has 0 radical (unpaired) electrons. The minimum absolute atomic E-state index is 0.129. The summed E-state index contributed by atoms with van der Waals surface area (Å²) in [5.74, 6) is -0.998. The molecule has 1 unspecified atom stereocenters. The number of phenolic OH excluding ortho intramolecular Hbond substituents is 1. The number of ether oxygens (including phenoxy) is 1. The van der Waals surface area contributed by atoms with Crippen molar-refractivity contribution < 1.29 is 23.8 Å². The summed E-state index contributed by atoms with van der Waals surface area (Å²) in [5, 5.41) is 10.8. The van der Waals surface area contributed by atoms with Crippen LogP contribution in [0.25, 0.3) is 10.9 Å². The molecule has 1 aliphatic carbocycles. The average molecular weight is 548 g/mol. The zero-order valence-corrected chi connectivity index (χ0v) is 23.3. The number of H-pyrrole nitrogens is 1. The maximum absolute atomic E-state index is 15.8. The van der Waals surface area contributed by atoms with Crippen LogP contribution in [0.2, 0.25) is 0 Å². The number of aromatic hydroxyl groups is 1. The molecule has 2 amide bonds. The van der Waals surface area contributed by atoms with E-state index in [2.05, 4.69) is 9.88 Å². The summed E-state index contributed by atoms with van der Waals surface area (Å²) >= 11 is 0. The maximum atomic E-state index is 15.8. The zero-order chi connectivity index (χ0) is 28.0. The Bertz CT molecular complexity index is 1450. The minimum atomic E-state index is -0.926. The van der Waals surface area contributed by atoms with Crippen LogP contribution in [0, 0.1) is 17.2 Å². The molecule has 2 fully saturated rings. The van der Waals surface area contributed by atoms with Gasteiger partial charge in [0.1, 0.15) is 5.75 Å². The van der Waals surface area contributed by atoms with Crippen LogP contribution in [0.5, 0.6) is 11.5 Å². The number of carbonyl (C=O) groups excluding carboxylic acids is 2. The molecule has 3 aromatic rings. The van der Waals surface area contributed by atoms with Crippen LogP contribution in [-0.4, -0.2) is 65.0 Å². The smallest absolute Gasteiger partial charge is 0.235 e. The van der Waals surface area contributed by atoms with Gasteiger partial charge >= 0.3 is 0 Å². The first kappa shape index (κ1) is 26.8. The van der Waals surface area contributed by atoms with Crippen LogP contribution in [0.1, 0.15) is 68.2 Å². The number of hydrogen-bond donors (Lipinski definition) is 2. The van der Waals surface area contributed by atoms with Gasteiger partial charge in [0.25, 0.3) is 0 Å². The third kappa shape index (κ3) is 4.46. The van der Waals surface area contributed by atoms with Gasteiger partial charge in [0.2, 0.25) is 11.8 Å². The molecule has 2 N–H and O–H groups in total. The number of nitrogens with zero attached hydrogens (tertiary/aromatic N) is 2. The Balaban J connectivity index is 1.42. The van der Waals surface area contributed by atoms with E-state index in [1.54, 1.807) is 24.3 Å². The number of fused-ring (bicyclic) bond motifs is 4. The van der Waals surface area contributed by atoms with Crippen molar-refractivity contribution in [2.75, 3.05) is 33.3 Å². The predicted molar refractivity (Wildman–Crippen MR) is 151 cm³/mol. The minimum Gasteiger partial charge on any atom is -0.508 e. The monoisotopic (exact) mass is 547 g/mol. The Morgan fingerprint density at radius 3 is 2.67 bits per heavy atom. The molecule has 2 aliphatic heterocycles. The Kier molecular flexibility index (Phi) is 7.07. The number of aromatic amines is 1. The third-order valence-electron chi connectivity index (χ3n) is 9.54. The first-order valence-electron chi connectivity index (χ1n) is 14.5. The van der Waals surface area contributed by atoms with E-state index in [4.69, 9.17) is 4.74 Å². The molecule has 2 aromatic carbocycles. The van der Waals surface area contributed by atoms with E-state index in [-0.39, 0.29) is 41.6 Å². The van der Waals surface area contributed by atoms with E-state index in [1.165, 1.54) is 31.3 Å². The SMILES string of the molecule is COc1ccc2[nH]c3c(c2c1F)C[C@@]1(C)C(=O)N(CCCN2CCCCC2)C(=O)CCC1[C@@H]3c1cccc(O)c1. The van der Waals surface area contributed by atoms with Crippen molar-refractivity contribution >= 4 is 22.7 Å². The lowest BCUT2D eigenvalue weighted by Crippen LogP contribution is -2.51. The van der Waals surface area contributed by atoms with Gasteiger partial charge in [0.15, 0.2) is 11.6 Å². The number of phenols is 1. The lowest BCUT2D eigenvalue weighted by molar-refractivity contribution is -0.151. The molecule has 40 heavy (non-hydrogen) atoms. The average Bonchev–Trinajstić information content (AvgIpc) is 3.28. The van der Waals surface area contributed by atoms with E-state index in [1.807, 2.05) is 19.1 Å². The molecule has 1 aromatic heterocycles. The highest BCUT2D eigenvalue weighted by Gasteiger charge is 2.54. The van der Waals surface area contributed by atoms with E-state index in [9.17, 15) is 14.7 Å². The van der Waals surface area contributed by atoms with Gasteiger partial charge < -0.3 is 19.7 Å². The van der Waals surface area contributed by atoms with Gasteiger partial charge in [-0.15, -0.1) is 0 Å². The Hall–Kier alpha value is -3.39. The summed E-state index contributed by atoms with van der Waals surface area (Å²) in [5.41, 5.74) is 2.15. The van der Waals surface area contributed by atoms with Crippen LogP contribution < -0.4 is 4.74 Å². The molecule has 3 atom stereocenters. The van der Waals surface area contributed by atoms with Crippen molar-refractivity contribution in [3.8, 4) is 11.5 Å². The molecular weight excluding hydrogens is 509 g/mol. The number of amides is 2. The summed E-state index contributed by atoms with van der Waals surface area (Å²) in [6.07, 6.45) is 5.55. The highest BCUT2D eigenvalue weighted by molar-refractivity contribution is 6.00. The van der Waals surface area contributed by atoms with Crippen LogP contribution in [-0.2, 0) is 16.0 Å². The van der Waals surface area contributed by atoms with Crippen LogP contribution in [0.4, 0.5) is 4.39 Å². The molecule has 3 aliphatic rings. The number of methoxy groups -OCH3 is 1. The zero-order valence-electron chi connectivity index (χ0n) is 23.3. The van der Waals surface area contributed by atoms with Crippen molar-refractivity contribution in [3.05, 3.63) is 59.0 Å².